The van der Waals surface area contributed by atoms with Gasteiger partial charge in [0, 0.05) is 0 Å². The van der Waals surface area contributed by atoms with Gasteiger partial charge in [-0.3, -0.25) is 0 Å². The van der Waals surface area contributed by atoms with Crippen LogP contribution < -0.4 is 0 Å². The Bertz CT molecular complexity index is 28.5. The van der Waals surface area contributed by atoms with Crippen molar-refractivity contribution in [1.82, 2.24) is 0 Å². The van der Waals surface area contributed by atoms with Gasteiger partial charge in [-0.15, -0.1) is 25.3 Å². The zero-order valence-electron chi connectivity index (χ0n) is 3.63. The van der Waals surface area contributed by atoms with E-state index in [0.29, 0.717) is 0 Å². The van der Waals surface area contributed by atoms with Crippen molar-refractivity contribution in [2.75, 3.05) is 6.66 Å². The van der Waals surface area contributed by atoms with Crippen LogP contribution in [0, 0.1) is 0 Å². The van der Waals surface area contributed by atoms with Gasteiger partial charge < -0.3 is 0 Å². The highest BCUT2D eigenvalue weighted by Crippen LogP contribution is 2.74. The van der Waals surface area contributed by atoms with Crippen molar-refractivity contribution in [3.8, 4) is 0 Å². The van der Waals surface area contributed by atoms with Crippen molar-refractivity contribution in [3.63, 3.8) is 0 Å². The molecular weight excluding hydrogens is 147 g/mol. The van der Waals surface area contributed by atoms with E-state index in [9.17, 15) is 0 Å². The minimum Gasteiger partial charge on any atom is -0.127 e. The summed E-state index contributed by atoms with van der Waals surface area (Å²) in [5, 5.41) is 0. The summed E-state index contributed by atoms with van der Waals surface area (Å²) in [7, 11) is 10.7. The van der Waals surface area contributed by atoms with Gasteiger partial charge in [0.2, 0.25) is 0 Å². The Morgan fingerprint density at radius 3 is 1.67 bits per heavy atom. The topological polar surface area (TPSA) is 0 Å². The Hall–Kier alpha value is 1.78. The van der Waals surface area contributed by atoms with Crippen LogP contribution in [0.1, 0.15) is 0 Å². The van der Waals surface area contributed by atoms with E-state index < -0.39 is 0 Å². The Kier molecular flexibility index (Phi) is 4.86. The van der Waals surface area contributed by atoms with Crippen LogP contribution in [0.15, 0.2) is 0 Å². The first-order chi connectivity index (χ1) is 2.64. The summed E-state index contributed by atoms with van der Waals surface area (Å²) in [6, 6.07) is 0. The molecule has 0 aliphatic carbocycles. The van der Waals surface area contributed by atoms with E-state index in [0.717, 1.165) is 0 Å². The molecule has 0 aliphatic heterocycles. The first-order valence-electron chi connectivity index (χ1n) is 1.42. The van der Waals surface area contributed by atoms with Gasteiger partial charge in [0.05, 0.1) is 0 Å². The minimum absolute atomic E-state index is 0.0165. The van der Waals surface area contributed by atoms with Crippen LogP contribution >= 0.6 is 32.3 Å². The van der Waals surface area contributed by atoms with E-state index in [2.05, 4.69) is 24.5 Å². The van der Waals surface area contributed by atoms with Crippen LogP contribution in [-0.2, 0) is 0 Å². The highest BCUT2D eigenvalue weighted by atomic mass is 32.7. The van der Waals surface area contributed by atoms with Gasteiger partial charge in [0.1, 0.15) is 7.57 Å². The summed E-state index contributed by atoms with van der Waals surface area (Å²) in [4.78, 5) is 0. The fourth-order valence-corrected chi connectivity index (χ4v) is 0. The Labute approximate surface area is 47.2 Å². The van der Waals surface area contributed by atoms with Crippen LogP contribution in [0.3, 0.4) is 0 Å². The minimum atomic E-state index is -0.169. The van der Waals surface area contributed by atoms with Gasteiger partial charge in [-0.2, -0.15) is 0 Å². The van der Waals surface area contributed by atoms with Gasteiger partial charge in [-0.1, -0.05) is 6.99 Å². The lowest BCUT2D eigenvalue weighted by molar-refractivity contribution is 2.49. The first kappa shape index (κ1) is 7.78. The number of hydrogen-bond acceptors (Lipinski definition) is 0. The van der Waals surface area contributed by atoms with E-state index in [1.54, 1.807) is 0 Å². The molecule has 0 saturated carbocycles. The molecule has 0 fully saturated rings. The molecule has 5 heteroatoms. The second-order valence-electron chi connectivity index (χ2n) is 0.954. The summed E-state index contributed by atoms with van der Waals surface area (Å²) < 4.78 is 0. The summed E-state index contributed by atoms with van der Waals surface area (Å²) in [6.07, 6.45) is 0. The first-order valence-corrected chi connectivity index (χ1v) is 8.56. The molecule has 6 heavy (non-hydrogen) atoms. The van der Waals surface area contributed by atoms with Gasteiger partial charge in [-0.25, -0.2) is 0 Å². The molecule has 0 saturated heterocycles. The van der Waals surface area contributed by atoms with Crippen molar-refractivity contribution in [2.24, 2.45) is 0 Å². The van der Waals surface area contributed by atoms with Gasteiger partial charge in [0.25, 0.3) is 0 Å². The molecule has 34 valence electrons. The zero-order chi connectivity index (χ0) is 5.15. The molecule has 3 atom stereocenters. The number of rotatable bonds is 1. The van der Waals surface area contributed by atoms with Gasteiger partial charge >= 0.3 is 0 Å². The molecule has 0 rings (SSSR count). The second-order valence-corrected chi connectivity index (χ2v) is 13.9. The second kappa shape index (κ2) is 3.75. The van der Waals surface area contributed by atoms with Crippen LogP contribution in [0.2, 0.25) is 0 Å². The van der Waals surface area contributed by atoms with Crippen molar-refractivity contribution in [2.45, 2.75) is 0 Å². The fraction of sp³-hybridized carbons (Fsp3) is 1.00. The van der Waals surface area contributed by atoms with Crippen molar-refractivity contribution in [1.29, 1.82) is 0 Å². The predicted molar refractivity (Wildman–Crippen MR) is 44.9 cm³/mol. The third-order valence-corrected chi connectivity index (χ3v) is 9.84. The molecule has 0 aromatic carbocycles. The van der Waals surface area contributed by atoms with E-state index >= 15 is 0 Å². The van der Waals surface area contributed by atoms with Crippen LogP contribution in [0.4, 0.5) is 0 Å². The van der Waals surface area contributed by atoms with E-state index in [4.69, 9.17) is 7.57 Å². The largest absolute Gasteiger partial charge is 0.127 e. The lowest BCUT2D eigenvalue weighted by Crippen LogP contribution is -1.49. The van der Waals surface area contributed by atoms with Crippen LogP contribution in [0.25, 0.3) is 0 Å². The Morgan fingerprint density at radius 2 is 1.67 bits per heavy atom. The maximum Gasteiger partial charge on any atom is 0.115 e. The molecule has 0 N–H and O–H groups in total. The van der Waals surface area contributed by atoms with E-state index in [1.807, 2.05) is 0 Å². The molecular formula is CH7BP4. The van der Waals surface area contributed by atoms with Crippen LogP contribution in [-0.4, -0.2) is 14.2 Å². The quantitative estimate of drug-likeness (QED) is 0.400. The summed E-state index contributed by atoms with van der Waals surface area (Å²) >= 11 is 0. The molecule has 0 bridgehead atoms. The highest BCUT2D eigenvalue weighted by molar-refractivity contribution is 8.76. The zero-order valence-corrected chi connectivity index (χ0v) is 7.72. The molecule has 0 nitrogen and oxygen atoms in total. The molecule has 0 spiro atoms. The third-order valence-electron chi connectivity index (χ3n) is 0.364. The summed E-state index contributed by atoms with van der Waals surface area (Å²) in [5.74, 6) is 0. The lowest BCUT2D eigenvalue weighted by atomic mass is 10.8. The average Bonchev–Trinajstić information content (AvgIpc) is 1.36. The normalized spacial score (nSPS) is 15.3. The lowest BCUT2D eigenvalue weighted by Gasteiger charge is -2.07. The Morgan fingerprint density at radius 1 is 1.50 bits per heavy atom. The van der Waals surface area contributed by atoms with Gasteiger partial charge in [0.15, 0.2) is 0 Å². The van der Waals surface area contributed by atoms with Crippen molar-refractivity contribution < 1.29 is 0 Å². The summed E-state index contributed by atoms with van der Waals surface area (Å²) in [6.45, 7) is 2.09. The monoisotopic (exact) mass is 154 g/mol. The van der Waals surface area contributed by atoms with E-state index in [1.165, 1.54) is 0 Å². The van der Waals surface area contributed by atoms with E-state index in [-0.39, 0.29) is 14.5 Å². The average molecular weight is 154 g/mol. The summed E-state index contributed by atoms with van der Waals surface area (Å²) in [5.41, 5.74) is 0. The third kappa shape index (κ3) is 3.96. The molecule has 3 unspecified atom stereocenters. The smallest absolute Gasteiger partial charge is 0.115 e. The van der Waals surface area contributed by atoms with Gasteiger partial charge in [-0.05, 0) is 6.66 Å². The molecule has 0 aromatic heterocycles. The van der Waals surface area contributed by atoms with Crippen molar-refractivity contribution in [3.05, 3.63) is 0 Å². The predicted octanol–water partition coefficient (Wildman–Crippen LogP) is 2.16. The molecule has 0 amide bonds. The van der Waals surface area contributed by atoms with Crippen molar-refractivity contribution >= 4 is 39.9 Å². The standard InChI is InChI=1S/CH7BP4/c1-5(2)6(3)4/h3-4H2,1H3. The molecule has 0 heterocycles. The SMILES string of the molecule is [B]P(C)P(P)P. The highest BCUT2D eigenvalue weighted by Gasteiger charge is 1.93. The molecule has 2 radical (unpaired) electrons. The maximum absolute atomic E-state index is 5.49. The Balaban J connectivity index is 2.99. The van der Waals surface area contributed by atoms with Crippen LogP contribution in [0.5, 0.6) is 0 Å². The number of hydrogen-bond donors (Lipinski definition) is 0. The molecule has 0 aliphatic rings. The fourth-order valence-electron chi connectivity index (χ4n) is 0. The maximum atomic E-state index is 5.49. The molecule has 0 aromatic rings.